The van der Waals surface area contributed by atoms with Crippen LogP contribution in [0.25, 0.3) is 0 Å². The largest absolute Gasteiger partial charge is 0.370 e. The van der Waals surface area contributed by atoms with Gasteiger partial charge in [0.15, 0.2) is 5.96 Å². The average molecular weight is 221 g/mol. The molecule has 0 amide bonds. The van der Waals surface area contributed by atoms with Crippen molar-refractivity contribution in [3.05, 3.63) is 0 Å². The van der Waals surface area contributed by atoms with Crippen molar-refractivity contribution in [1.82, 2.24) is 0 Å². The van der Waals surface area contributed by atoms with E-state index >= 15 is 0 Å². The lowest BCUT2D eigenvalue weighted by Crippen LogP contribution is -2.20. The van der Waals surface area contributed by atoms with E-state index in [1.54, 1.807) is 0 Å². The summed E-state index contributed by atoms with van der Waals surface area (Å²) in [5.41, 5.74) is 8.94. The summed E-state index contributed by atoms with van der Waals surface area (Å²) in [7, 11) is 0. The fourth-order valence-corrected chi connectivity index (χ4v) is 0. The summed E-state index contributed by atoms with van der Waals surface area (Å²) in [6.07, 6.45) is 0. The summed E-state index contributed by atoms with van der Waals surface area (Å²) in [4.78, 5) is 0. The number of nitrogens with two attached hydrogens (primary N) is 2. The summed E-state index contributed by atoms with van der Waals surface area (Å²) >= 11 is 0. The van der Waals surface area contributed by atoms with Crippen molar-refractivity contribution in [1.29, 1.82) is 5.41 Å². The molecule has 6 heavy (non-hydrogen) atoms. The maximum atomic E-state index is 6.06. The monoisotopic (exact) mass is 219 g/mol. The van der Waals surface area contributed by atoms with E-state index in [4.69, 9.17) is 5.41 Å². The van der Waals surface area contributed by atoms with Gasteiger partial charge in [0, 0.05) is 0 Å². The van der Waals surface area contributed by atoms with Crippen LogP contribution in [-0.2, 0) is 0 Å². The first-order valence-corrected chi connectivity index (χ1v) is 0.827. The number of hydrogen-bond acceptors (Lipinski definition) is 1. The normalized spacial score (nSPS) is 4.00. The van der Waals surface area contributed by atoms with E-state index in [0.717, 1.165) is 0 Å². The Morgan fingerprint density at radius 1 is 1.17 bits per heavy atom. The van der Waals surface area contributed by atoms with Gasteiger partial charge in [-0.3, -0.25) is 5.41 Å². The van der Waals surface area contributed by atoms with Crippen molar-refractivity contribution < 1.29 is 0 Å². The first-order valence-electron chi connectivity index (χ1n) is 0.827. The van der Waals surface area contributed by atoms with E-state index in [0.29, 0.717) is 0 Å². The maximum Gasteiger partial charge on any atom is 0.183 e. The van der Waals surface area contributed by atoms with Crippen LogP contribution in [0.4, 0.5) is 0 Å². The number of guanidine groups is 1. The van der Waals surface area contributed by atoms with Crippen molar-refractivity contribution in [2.24, 2.45) is 11.5 Å². The average Bonchev–Trinajstić information content (AvgIpc) is 0.811. The molecule has 0 saturated carbocycles. The number of nitrogens with one attached hydrogen (secondary N) is 1. The molecule has 0 aromatic heterocycles. The van der Waals surface area contributed by atoms with Gasteiger partial charge in [-0.1, -0.05) is 0 Å². The standard InChI is InChI=1S/CH5N3.2BrH/c2-1(3)4;;/h(H5,2,3,4);2*1H. The Morgan fingerprint density at radius 3 is 1.17 bits per heavy atom. The minimum Gasteiger partial charge on any atom is -0.370 e. The van der Waals surface area contributed by atoms with Gasteiger partial charge >= 0.3 is 0 Å². The topological polar surface area (TPSA) is 75.9 Å². The Hall–Kier alpha value is 0.230. The van der Waals surface area contributed by atoms with Gasteiger partial charge in [0.25, 0.3) is 0 Å². The second kappa shape index (κ2) is 8.97. The third-order valence-electron chi connectivity index (χ3n) is 0. The van der Waals surface area contributed by atoms with E-state index in [1.165, 1.54) is 0 Å². The number of hydrogen-bond donors (Lipinski definition) is 3. The van der Waals surface area contributed by atoms with Crippen molar-refractivity contribution in [3.63, 3.8) is 0 Å². The van der Waals surface area contributed by atoms with Gasteiger partial charge in [0.05, 0.1) is 0 Å². The summed E-state index contributed by atoms with van der Waals surface area (Å²) in [6, 6.07) is 0. The molecule has 0 aliphatic rings. The van der Waals surface area contributed by atoms with Gasteiger partial charge in [0.2, 0.25) is 0 Å². The third-order valence-corrected chi connectivity index (χ3v) is 0. The second-order valence-corrected chi connectivity index (χ2v) is 0.455. The van der Waals surface area contributed by atoms with Crippen LogP contribution in [0.1, 0.15) is 0 Å². The van der Waals surface area contributed by atoms with Crippen LogP contribution in [0.15, 0.2) is 0 Å². The Morgan fingerprint density at radius 2 is 1.17 bits per heavy atom. The Labute approximate surface area is 57.1 Å². The van der Waals surface area contributed by atoms with Gasteiger partial charge in [-0.05, 0) is 0 Å². The summed E-state index contributed by atoms with van der Waals surface area (Å²) in [6.45, 7) is 0. The molecule has 0 radical (unpaired) electrons. The fraction of sp³-hybridized carbons (Fsp3) is 0. The molecule has 0 rings (SSSR count). The lowest BCUT2D eigenvalue weighted by molar-refractivity contribution is 1.39. The zero-order chi connectivity index (χ0) is 3.58. The highest BCUT2D eigenvalue weighted by Crippen LogP contribution is 1.13. The molecule has 0 aromatic carbocycles. The molecule has 0 unspecified atom stereocenters. The lowest BCUT2D eigenvalue weighted by atomic mass is 11.1. The Kier molecular flexibility index (Phi) is 24.4. The molecule has 0 atom stereocenters. The molecule has 0 saturated heterocycles. The van der Waals surface area contributed by atoms with Gasteiger partial charge in [-0.2, -0.15) is 0 Å². The first kappa shape index (κ1) is 16.3. The van der Waals surface area contributed by atoms with E-state index in [1.807, 2.05) is 0 Å². The molecule has 0 spiro atoms. The molecular formula is CH7Br2N3. The molecule has 5 N–H and O–H groups in total. The highest BCUT2D eigenvalue weighted by Gasteiger charge is 1.52. The molecule has 0 heterocycles. The minimum atomic E-state index is -0.333. The summed E-state index contributed by atoms with van der Waals surface area (Å²) in [5, 5.41) is 6.06. The Bertz CT molecular complexity index is 31.8. The van der Waals surface area contributed by atoms with Crippen molar-refractivity contribution in [2.75, 3.05) is 0 Å². The molecular weight excluding hydrogens is 214 g/mol. The number of halogens is 2. The fourth-order valence-electron chi connectivity index (χ4n) is 0. The zero-order valence-electron chi connectivity index (χ0n) is 2.97. The van der Waals surface area contributed by atoms with Crippen LogP contribution in [0.5, 0.6) is 0 Å². The molecule has 0 aliphatic heterocycles. The van der Waals surface area contributed by atoms with Gasteiger partial charge in [-0.15, -0.1) is 34.0 Å². The minimum absolute atomic E-state index is 0. The van der Waals surface area contributed by atoms with E-state index in [-0.39, 0.29) is 39.9 Å². The van der Waals surface area contributed by atoms with Gasteiger partial charge in [-0.25, -0.2) is 0 Å². The smallest absolute Gasteiger partial charge is 0.183 e. The quantitative estimate of drug-likeness (QED) is 0.397. The van der Waals surface area contributed by atoms with Crippen LogP contribution in [-0.4, -0.2) is 5.96 Å². The van der Waals surface area contributed by atoms with E-state index in [2.05, 4.69) is 11.5 Å². The molecule has 40 valence electrons. The first-order chi connectivity index (χ1) is 1.73. The summed E-state index contributed by atoms with van der Waals surface area (Å²) < 4.78 is 0. The maximum absolute atomic E-state index is 6.06. The van der Waals surface area contributed by atoms with Gasteiger partial charge < -0.3 is 11.5 Å². The number of rotatable bonds is 0. The second-order valence-electron chi connectivity index (χ2n) is 0.455. The van der Waals surface area contributed by atoms with Crippen LogP contribution in [0.3, 0.4) is 0 Å². The van der Waals surface area contributed by atoms with E-state index in [9.17, 15) is 0 Å². The highest BCUT2D eigenvalue weighted by molar-refractivity contribution is 8.93. The van der Waals surface area contributed by atoms with Crippen molar-refractivity contribution in [2.45, 2.75) is 0 Å². The Balaban J connectivity index is -0.0000000450. The zero-order valence-corrected chi connectivity index (χ0v) is 6.40. The van der Waals surface area contributed by atoms with E-state index < -0.39 is 0 Å². The van der Waals surface area contributed by atoms with Crippen LogP contribution in [0.2, 0.25) is 0 Å². The lowest BCUT2D eigenvalue weighted by Gasteiger charge is -1.69. The molecule has 0 fully saturated rings. The van der Waals surface area contributed by atoms with Gasteiger partial charge in [0.1, 0.15) is 0 Å². The van der Waals surface area contributed by atoms with Crippen LogP contribution >= 0.6 is 34.0 Å². The molecule has 0 aromatic rings. The SMILES string of the molecule is Br.Br.N=C(N)N. The molecule has 0 bridgehead atoms. The van der Waals surface area contributed by atoms with Crippen molar-refractivity contribution >= 4 is 39.9 Å². The molecule has 0 aliphatic carbocycles. The predicted molar refractivity (Wildman–Crippen MR) is 36.7 cm³/mol. The summed E-state index contributed by atoms with van der Waals surface area (Å²) in [5.74, 6) is -0.333. The van der Waals surface area contributed by atoms with Crippen LogP contribution < -0.4 is 11.5 Å². The molecule has 3 nitrogen and oxygen atoms in total. The molecule has 5 heteroatoms. The van der Waals surface area contributed by atoms with Crippen molar-refractivity contribution in [3.8, 4) is 0 Å². The predicted octanol–water partition coefficient (Wildman–Crippen LogP) is -0.00563. The third kappa shape index (κ3) is 834. The van der Waals surface area contributed by atoms with Crippen LogP contribution in [0, 0.1) is 5.41 Å². The highest BCUT2D eigenvalue weighted by atomic mass is 79.9.